The minimum atomic E-state index is -0.525. The largest absolute Gasteiger partial charge is 0.380 e. The van der Waals surface area contributed by atoms with E-state index in [2.05, 4.69) is 10.6 Å². The van der Waals surface area contributed by atoms with Crippen LogP contribution in [0.3, 0.4) is 0 Å². The molecule has 2 nitrogen and oxygen atoms in total. The first kappa shape index (κ1) is 12.9. The molecule has 0 amide bonds. The van der Waals surface area contributed by atoms with Crippen molar-refractivity contribution in [3.8, 4) is 0 Å². The SMILES string of the molecule is Fc1ccc(NC2CCCC2C2CCCN2)c(F)c1. The summed E-state index contributed by atoms with van der Waals surface area (Å²) in [5.74, 6) is -0.458. The van der Waals surface area contributed by atoms with E-state index in [9.17, 15) is 8.78 Å². The van der Waals surface area contributed by atoms with Gasteiger partial charge in [-0.05, 0) is 50.3 Å². The van der Waals surface area contributed by atoms with Crippen molar-refractivity contribution >= 4 is 5.69 Å². The number of anilines is 1. The molecule has 104 valence electrons. The lowest BCUT2D eigenvalue weighted by atomic mass is 9.93. The lowest BCUT2D eigenvalue weighted by molar-refractivity contribution is 0.375. The predicted molar refractivity (Wildman–Crippen MR) is 72.1 cm³/mol. The Bertz CT molecular complexity index is 444. The minimum Gasteiger partial charge on any atom is -0.380 e. The summed E-state index contributed by atoms with van der Waals surface area (Å²) in [6.07, 6.45) is 5.90. The van der Waals surface area contributed by atoms with Crippen LogP contribution in [0.4, 0.5) is 14.5 Å². The third kappa shape index (κ3) is 2.73. The van der Waals surface area contributed by atoms with Crippen molar-refractivity contribution in [3.05, 3.63) is 29.8 Å². The number of nitrogens with one attached hydrogen (secondary N) is 2. The van der Waals surface area contributed by atoms with Crippen molar-refractivity contribution in [2.45, 2.75) is 44.2 Å². The van der Waals surface area contributed by atoms with Crippen molar-refractivity contribution in [1.29, 1.82) is 0 Å². The molecule has 0 aromatic heterocycles. The summed E-state index contributed by atoms with van der Waals surface area (Å²) in [6, 6.07) is 4.62. The number of hydrogen-bond donors (Lipinski definition) is 2. The minimum absolute atomic E-state index is 0.301. The molecule has 2 N–H and O–H groups in total. The van der Waals surface area contributed by atoms with Gasteiger partial charge in [0.25, 0.3) is 0 Å². The highest BCUT2D eigenvalue weighted by atomic mass is 19.1. The molecule has 1 heterocycles. The molecule has 4 heteroatoms. The van der Waals surface area contributed by atoms with Crippen LogP contribution in [-0.4, -0.2) is 18.6 Å². The van der Waals surface area contributed by atoms with Crippen LogP contribution < -0.4 is 10.6 Å². The highest BCUT2D eigenvalue weighted by Gasteiger charge is 2.35. The van der Waals surface area contributed by atoms with Crippen LogP contribution >= 0.6 is 0 Å². The molecule has 1 aliphatic heterocycles. The summed E-state index contributed by atoms with van der Waals surface area (Å²) in [6.45, 7) is 1.10. The van der Waals surface area contributed by atoms with Gasteiger partial charge in [0.05, 0.1) is 5.69 Å². The third-order valence-corrected chi connectivity index (χ3v) is 4.46. The fourth-order valence-corrected chi connectivity index (χ4v) is 3.53. The van der Waals surface area contributed by atoms with Gasteiger partial charge in [0.15, 0.2) is 0 Å². The van der Waals surface area contributed by atoms with E-state index in [0.717, 1.165) is 19.0 Å². The molecule has 0 bridgehead atoms. The highest BCUT2D eigenvalue weighted by molar-refractivity contribution is 5.46. The average molecular weight is 266 g/mol. The maximum absolute atomic E-state index is 13.7. The van der Waals surface area contributed by atoms with Gasteiger partial charge in [-0.1, -0.05) is 6.42 Å². The van der Waals surface area contributed by atoms with E-state index in [4.69, 9.17) is 0 Å². The van der Waals surface area contributed by atoms with E-state index in [-0.39, 0.29) is 0 Å². The lowest BCUT2D eigenvalue weighted by Gasteiger charge is -2.27. The van der Waals surface area contributed by atoms with E-state index < -0.39 is 11.6 Å². The smallest absolute Gasteiger partial charge is 0.149 e. The Morgan fingerprint density at radius 3 is 2.74 bits per heavy atom. The van der Waals surface area contributed by atoms with Crippen LogP contribution in [0.2, 0.25) is 0 Å². The second kappa shape index (κ2) is 5.45. The summed E-state index contributed by atoms with van der Waals surface area (Å²) < 4.78 is 26.6. The number of hydrogen-bond acceptors (Lipinski definition) is 2. The van der Waals surface area contributed by atoms with Gasteiger partial charge < -0.3 is 10.6 Å². The van der Waals surface area contributed by atoms with Gasteiger partial charge in [-0.3, -0.25) is 0 Å². The standard InChI is InChI=1S/C15H20F2N2/c16-10-6-7-15(12(17)9-10)19-14-4-1-3-11(14)13-5-2-8-18-13/h6-7,9,11,13-14,18-19H,1-5,8H2. The van der Waals surface area contributed by atoms with Crippen LogP contribution in [-0.2, 0) is 0 Å². The van der Waals surface area contributed by atoms with Crippen molar-refractivity contribution in [3.63, 3.8) is 0 Å². The van der Waals surface area contributed by atoms with Crippen molar-refractivity contribution in [2.75, 3.05) is 11.9 Å². The summed E-state index contributed by atoms with van der Waals surface area (Å²) in [7, 11) is 0. The summed E-state index contributed by atoms with van der Waals surface area (Å²) in [5, 5.41) is 6.83. The first-order chi connectivity index (χ1) is 9.24. The molecular weight excluding hydrogens is 246 g/mol. The first-order valence-corrected chi connectivity index (χ1v) is 7.19. The molecular formula is C15H20F2N2. The van der Waals surface area contributed by atoms with Gasteiger partial charge in [0.2, 0.25) is 0 Å². The normalized spacial score (nSPS) is 30.7. The molecule has 19 heavy (non-hydrogen) atoms. The van der Waals surface area contributed by atoms with E-state index >= 15 is 0 Å². The van der Waals surface area contributed by atoms with Crippen molar-refractivity contribution in [1.82, 2.24) is 5.32 Å². The molecule has 2 aliphatic rings. The zero-order valence-corrected chi connectivity index (χ0v) is 11.0. The van der Waals surface area contributed by atoms with E-state index in [1.807, 2.05) is 0 Å². The van der Waals surface area contributed by atoms with Gasteiger partial charge in [0, 0.05) is 18.2 Å². The monoisotopic (exact) mass is 266 g/mol. The van der Waals surface area contributed by atoms with Crippen LogP contribution in [0.15, 0.2) is 18.2 Å². The topological polar surface area (TPSA) is 24.1 Å². The zero-order chi connectivity index (χ0) is 13.2. The highest BCUT2D eigenvalue weighted by Crippen LogP contribution is 2.34. The second-order valence-electron chi connectivity index (χ2n) is 5.67. The summed E-state index contributed by atoms with van der Waals surface area (Å²) in [4.78, 5) is 0. The van der Waals surface area contributed by atoms with E-state index in [1.54, 1.807) is 0 Å². The molecule has 1 aromatic rings. The van der Waals surface area contributed by atoms with Gasteiger partial charge in [-0.25, -0.2) is 8.78 Å². The molecule has 1 aliphatic carbocycles. The molecule has 1 saturated carbocycles. The Hall–Kier alpha value is -1.16. The Kier molecular flexibility index (Phi) is 3.69. The van der Waals surface area contributed by atoms with Crippen molar-refractivity contribution < 1.29 is 8.78 Å². The average Bonchev–Trinajstić information content (AvgIpc) is 3.03. The van der Waals surface area contributed by atoms with E-state index in [1.165, 1.54) is 37.8 Å². The van der Waals surface area contributed by atoms with Crippen LogP contribution in [0, 0.1) is 17.6 Å². The second-order valence-corrected chi connectivity index (χ2v) is 5.67. The Labute approximate surface area is 112 Å². The number of halogens is 2. The number of rotatable bonds is 3. The Balaban J connectivity index is 1.70. The quantitative estimate of drug-likeness (QED) is 0.877. The van der Waals surface area contributed by atoms with Gasteiger partial charge in [-0.15, -0.1) is 0 Å². The van der Waals surface area contributed by atoms with Crippen LogP contribution in [0.5, 0.6) is 0 Å². The van der Waals surface area contributed by atoms with Gasteiger partial charge >= 0.3 is 0 Å². The third-order valence-electron chi connectivity index (χ3n) is 4.46. The number of benzene rings is 1. The van der Waals surface area contributed by atoms with Gasteiger partial charge in [0.1, 0.15) is 11.6 Å². The molecule has 0 radical (unpaired) electrons. The first-order valence-electron chi connectivity index (χ1n) is 7.19. The lowest BCUT2D eigenvalue weighted by Crippen LogP contribution is -2.38. The van der Waals surface area contributed by atoms with E-state index in [0.29, 0.717) is 23.7 Å². The van der Waals surface area contributed by atoms with Crippen molar-refractivity contribution in [2.24, 2.45) is 5.92 Å². The molecule has 3 unspecified atom stereocenters. The zero-order valence-electron chi connectivity index (χ0n) is 11.0. The van der Waals surface area contributed by atoms with Crippen LogP contribution in [0.25, 0.3) is 0 Å². The predicted octanol–water partition coefficient (Wildman–Crippen LogP) is 3.30. The van der Waals surface area contributed by atoms with Gasteiger partial charge in [-0.2, -0.15) is 0 Å². The summed E-state index contributed by atoms with van der Waals surface area (Å²) >= 11 is 0. The Morgan fingerprint density at radius 2 is 2.00 bits per heavy atom. The molecule has 2 fully saturated rings. The fraction of sp³-hybridized carbons (Fsp3) is 0.600. The molecule has 1 saturated heterocycles. The molecule has 3 rings (SSSR count). The Morgan fingerprint density at radius 1 is 1.11 bits per heavy atom. The van der Waals surface area contributed by atoms with Crippen LogP contribution in [0.1, 0.15) is 32.1 Å². The molecule has 0 spiro atoms. The summed E-state index contributed by atoms with van der Waals surface area (Å²) in [5.41, 5.74) is 0.427. The molecule has 3 atom stereocenters. The maximum Gasteiger partial charge on any atom is 0.149 e. The maximum atomic E-state index is 13.7. The fourth-order valence-electron chi connectivity index (χ4n) is 3.53. The molecule has 1 aromatic carbocycles.